The fourth-order valence-electron chi connectivity index (χ4n) is 2.00. The molecule has 1 nitrogen and oxygen atoms in total. The normalized spacial score (nSPS) is 12.4. The molecule has 1 unspecified atom stereocenters. The lowest BCUT2D eigenvalue weighted by atomic mass is 10.0. The second-order valence-corrected chi connectivity index (χ2v) is 6.49. The van der Waals surface area contributed by atoms with Crippen LogP contribution >= 0.6 is 23.4 Å². The van der Waals surface area contributed by atoms with Crippen molar-refractivity contribution in [3.63, 3.8) is 0 Å². The first-order valence-electron chi connectivity index (χ1n) is 6.72. The predicted molar refractivity (Wildman–Crippen MR) is 90.5 cm³/mol. The standard InChI is InChI=1S/C17H20ClNS/c1-12-7-8-14(9-13(12)2)17(19)11-20-10-15-5-3-4-6-16(15)18/h3-9,17H,10-11,19H2,1-2H3. The van der Waals surface area contributed by atoms with Crippen molar-refractivity contribution in [2.24, 2.45) is 5.73 Å². The molecule has 1 atom stereocenters. The lowest BCUT2D eigenvalue weighted by Crippen LogP contribution is -2.13. The van der Waals surface area contributed by atoms with Crippen molar-refractivity contribution < 1.29 is 0 Å². The number of halogens is 1. The number of hydrogen-bond acceptors (Lipinski definition) is 2. The maximum Gasteiger partial charge on any atom is 0.0446 e. The molecular weight excluding hydrogens is 286 g/mol. The van der Waals surface area contributed by atoms with E-state index in [1.807, 2.05) is 30.0 Å². The van der Waals surface area contributed by atoms with Crippen LogP contribution < -0.4 is 5.73 Å². The van der Waals surface area contributed by atoms with Gasteiger partial charge < -0.3 is 5.73 Å². The van der Waals surface area contributed by atoms with Crippen LogP contribution in [0.2, 0.25) is 5.02 Å². The molecule has 0 aliphatic heterocycles. The predicted octanol–water partition coefficient (Wildman–Crippen LogP) is 4.89. The van der Waals surface area contributed by atoms with Gasteiger partial charge in [-0.2, -0.15) is 11.8 Å². The zero-order valence-corrected chi connectivity index (χ0v) is 13.5. The van der Waals surface area contributed by atoms with Crippen LogP contribution in [0.3, 0.4) is 0 Å². The van der Waals surface area contributed by atoms with E-state index in [1.165, 1.54) is 22.3 Å². The van der Waals surface area contributed by atoms with Gasteiger partial charge in [-0.3, -0.25) is 0 Å². The molecule has 106 valence electrons. The van der Waals surface area contributed by atoms with Crippen molar-refractivity contribution in [3.05, 3.63) is 69.7 Å². The second kappa shape index (κ2) is 7.16. The highest BCUT2D eigenvalue weighted by Gasteiger charge is 2.08. The van der Waals surface area contributed by atoms with Crippen molar-refractivity contribution >= 4 is 23.4 Å². The number of nitrogens with two attached hydrogens (primary N) is 1. The summed E-state index contributed by atoms with van der Waals surface area (Å²) in [5, 5.41) is 0.833. The summed E-state index contributed by atoms with van der Waals surface area (Å²) in [5.41, 5.74) is 11.3. The maximum absolute atomic E-state index is 6.26. The lowest BCUT2D eigenvalue weighted by molar-refractivity contribution is 0.829. The Morgan fingerprint density at radius 2 is 1.85 bits per heavy atom. The fraction of sp³-hybridized carbons (Fsp3) is 0.294. The largest absolute Gasteiger partial charge is 0.323 e. The van der Waals surface area contributed by atoms with Crippen molar-refractivity contribution in [2.75, 3.05) is 5.75 Å². The van der Waals surface area contributed by atoms with Gasteiger partial charge in [0.25, 0.3) is 0 Å². The molecule has 0 saturated heterocycles. The van der Waals surface area contributed by atoms with E-state index in [2.05, 4.69) is 38.1 Å². The van der Waals surface area contributed by atoms with Gasteiger partial charge in [0.1, 0.15) is 0 Å². The molecule has 3 heteroatoms. The number of aryl methyl sites for hydroxylation is 2. The first-order valence-corrected chi connectivity index (χ1v) is 8.25. The summed E-state index contributed by atoms with van der Waals surface area (Å²) < 4.78 is 0. The van der Waals surface area contributed by atoms with E-state index < -0.39 is 0 Å². The molecule has 0 heterocycles. The van der Waals surface area contributed by atoms with Crippen molar-refractivity contribution in [2.45, 2.75) is 25.6 Å². The van der Waals surface area contributed by atoms with Crippen molar-refractivity contribution in [1.82, 2.24) is 0 Å². The minimum atomic E-state index is 0.0711. The molecular formula is C17H20ClNS. The molecule has 20 heavy (non-hydrogen) atoms. The average molecular weight is 306 g/mol. The van der Waals surface area contributed by atoms with Crippen LogP contribution in [0.5, 0.6) is 0 Å². The summed E-state index contributed by atoms with van der Waals surface area (Å²) in [6.45, 7) is 4.25. The molecule has 0 saturated carbocycles. The van der Waals surface area contributed by atoms with E-state index in [1.54, 1.807) is 0 Å². The summed E-state index contributed by atoms with van der Waals surface area (Å²) in [5.74, 6) is 1.80. The van der Waals surface area contributed by atoms with Gasteiger partial charge in [0.15, 0.2) is 0 Å². The summed E-state index contributed by atoms with van der Waals surface area (Å²) in [4.78, 5) is 0. The van der Waals surface area contributed by atoms with E-state index >= 15 is 0 Å². The Balaban J connectivity index is 1.90. The van der Waals surface area contributed by atoms with Gasteiger partial charge in [-0.1, -0.05) is 48.0 Å². The van der Waals surface area contributed by atoms with Gasteiger partial charge in [0.05, 0.1) is 0 Å². The Hall–Kier alpha value is -0.960. The van der Waals surface area contributed by atoms with E-state index in [-0.39, 0.29) is 6.04 Å². The summed E-state index contributed by atoms with van der Waals surface area (Å²) in [7, 11) is 0. The average Bonchev–Trinajstić information content (AvgIpc) is 2.44. The van der Waals surface area contributed by atoms with E-state index in [4.69, 9.17) is 17.3 Å². The quantitative estimate of drug-likeness (QED) is 0.851. The van der Waals surface area contributed by atoms with E-state index in [9.17, 15) is 0 Å². The molecule has 0 aliphatic rings. The summed E-state index contributed by atoms with van der Waals surface area (Å²) in [6.07, 6.45) is 0. The van der Waals surface area contributed by atoms with Crippen LogP contribution in [0, 0.1) is 13.8 Å². The van der Waals surface area contributed by atoms with Crippen LogP contribution in [0.25, 0.3) is 0 Å². The topological polar surface area (TPSA) is 26.0 Å². The Kier molecular flexibility index (Phi) is 5.53. The zero-order chi connectivity index (χ0) is 14.5. The Labute approximate surface area is 130 Å². The molecule has 0 amide bonds. The Morgan fingerprint density at radius 3 is 2.55 bits per heavy atom. The molecule has 0 spiro atoms. The zero-order valence-electron chi connectivity index (χ0n) is 11.9. The van der Waals surface area contributed by atoms with Crippen LogP contribution in [-0.2, 0) is 5.75 Å². The van der Waals surface area contributed by atoms with E-state index in [0.717, 1.165) is 16.5 Å². The first kappa shape index (κ1) is 15.4. The first-order chi connectivity index (χ1) is 9.58. The molecule has 0 radical (unpaired) electrons. The van der Waals surface area contributed by atoms with Gasteiger partial charge in [-0.05, 0) is 42.2 Å². The molecule has 0 fully saturated rings. The Morgan fingerprint density at radius 1 is 1.10 bits per heavy atom. The third-order valence-corrected chi connectivity index (χ3v) is 4.95. The van der Waals surface area contributed by atoms with Crippen LogP contribution in [-0.4, -0.2) is 5.75 Å². The number of rotatable bonds is 5. The molecule has 0 aromatic heterocycles. The van der Waals surface area contributed by atoms with Gasteiger partial charge in [-0.25, -0.2) is 0 Å². The fourth-order valence-corrected chi connectivity index (χ4v) is 3.32. The third kappa shape index (κ3) is 4.02. The van der Waals surface area contributed by atoms with Gasteiger partial charge in [-0.15, -0.1) is 0 Å². The highest BCUT2D eigenvalue weighted by atomic mass is 35.5. The highest BCUT2D eigenvalue weighted by molar-refractivity contribution is 7.98. The molecule has 2 N–H and O–H groups in total. The van der Waals surface area contributed by atoms with Crippen LogP contribution in [0.4, 0.5) is 0 Å². The third-order valence-electron chi connectivity index (χ3n) is 3.47. The number of thioether (sulfide) groups is 1. The van der Waals surface area contributed by atoms with Gasteiger partial charge in [0.2, 0.25) is 0 Å². The smallest absolute Gasteiger partial charge is 0.0446 e. The molecule has 0 bridgehead atoms. The second-order valence-electron chi connectivity index (χ2n) is 5.06. The molecule has 0 aliphatic carbocycles. The minimum Gasteiger partial charge on any atom is -0.323 e. The minimum absolute atomic E-state index is 0.0711. The molecule has 2 rings (SSSR count). The summed E-state index contributed by atoms with van der Waals surface area (Å²) >= 11 is 7.97. The summed E-state index contributed by atoms with van der Waals surface area (Å²) in [6, 6.07) is 14.5. The van der Waals surface area contributed by atoms with Crippen LogP contribution in [0.1, 0.15) is 28.3 Å². The van der Waals surface area contributed by atoms with Crippen molar-refractivity contribution in [3.8, 4) is 0 Å². The SMILES string of the molecule is Cc1ccc(C(N)CSCc2ccccc2Cl)cc1C. The monoisotopic (exact) mass is 305 g/mol. The molecule has 2 aromatic carbocycles. The van der Waals surface area contributed by atoms with Gasteiger partial charge in [0, 0.05) is 22.6 Å². The number of hydrogen-bond donors (Lipinski definition) is 1. The van der Waals surface area contributed by atoms with E-state index in [0.29, 0.717) is 0 Å². The number of benzene rings is 2. The lowest BCUT2D eigenvalue weighted by Gasteiger charge is -2.13. The van der Waals surface area contributed by atoms with Crippen LogP contribution in [0.15, 0.2) is 42.5 Å². The molecule has 2 aromatic rings. The highest BCUT2D eigenvalue weighted by Crippen LogP contribution is 2.24. The van der Waals surface area contributed by atoms with Gasteiger partial charge >= 0.3 is 0 Å². The maximum atomic E-state index is 6.26. The Bertz CT molecular complexity index is 583. The van der Waals surface area contributed by atoms with Crippen molar-refractivity contribution in [1.29, 1.82) is 0 Å².